The second-order valence-electron chi connectivity index (χ2n) is 4.70. The average Bonchev–Trinajstić information content (AvgIpc) is 2.32. The topological polar surface area (TPSA) is 35.2 Å². The molecule has 2 rings (SSSR count). The standard InChI is InChI=1S/C16H19NO/c1-11-7-8-16(12(2)9-11)18-13(3)14-5-4-6-15(17)10-14/h4-10,13H,17H2,1-3H3. The van der Waals surface area contributed by atoms with E-state index in [1.807, 2.05) is 37.3 Å². The van der Waals surface area contributed by atoms with E-state index in [1.54, 1.807) is 0 Å². The molecule has 0 bridgehead atoms. The van der Waals surface area contributed by atoms with Gasteiger partial charge in [0.2, 0.25) is 0 Å². The number of ether oxygens (including phenoxy) is 1. The van der Waals surface area contributed by atoms with Crippen LogP contribution in [0.25, 0.3) is 0 Å². The van der Waals surface area contributed by atoms with Crippen molar-refractivity contribution in [2.24, 2.45) is 0 Å². The third-order valence-electron chi connectivity index (χ3n) is 3.01. The van der Waals surface area contributed by atoms with E-state index >= 15 is 0 Å². The fourth-order valence-electron chi connectivity index (χ4n) is 2.00. The summed E-state index contributed by atoms with van der Waals surface area (Å²) in [5, 5.41) is 0. The van der Waals surface area contributed by atoms with Crippen molar-refractivity contribution in [3.8, 4) is 5.75 Å². The smallest absolute Gasteiger partial charge is 0.123 e. The number of rotatable bonds is 3. The van der Waals surface area contributed by atoms with Crippen molar-refractivity contribution < 1.29 is 4.74 Å². The fraction of sp³-hybridized carbons (Fsp3) is 0.250. The minimum atomic E-state index is -0.00472. The average molecular weight is 241 g/mol. The summed E-state index contributed by atoms with van der Waals surface area (Å²) >= 11 is 0. The molecule has 2 N–H and O–H groups in total. The molecule has 0 amide bonds. The molecule has 0 aliphatic carbocycles. The molecule has 0 aliphatic rings. The van der Waals surface area contributed by atoms with Crippen LogP contribution in [0.4, 0.5) is 5.69 Å². The minimum Gasteiger partial charge on any atom is -0.486 e. The summed E-state index contributed by atoms with van der Waals surface area (Å²) < 4.78 is 5.99. The molecule has 1 atom stereocenters. The lowest BCUT2D eigenvalue weighted by atomic mass is 10.1. The summed E-state index contributed by atoms with van der Waals surface area (Å²) in [6.45, 7) is 6.18. The SMILES string of the molecule is Cc1ccc(OC(C)c2cccc(N)c2)c(C)c1. The van der Waals surface area contributed by atoms with Crippen LogP contribution in [0.1, 0.15) is 29.7 Å². The maximum Gasteiger partial charge on any atom is 0.123 e. The Labute approximate surface area is 108 Å². The Bertz CT molecular complexity index is 549. The molecule has 0 spiro atoms. The highest BCUT2D eigenvalue weighted by Crippen LogP contribution is 2.26. The lowest BCUT2D eigenvalue weighted by Crippen LogP contribution is -2.04. The number of nitrogen functional groups attached to an aromatic ring is 1. The Morgan fingerprint density at radius 1 is 1.06 bits per heavy atom. The summed E-state index contributed by atoms with van der Waals surface area (Å²) in [5.41, 5.74) is 10.0. The van der Waals surface area contributed by atoms with E-state index in [0.29, 0.717) is 0 Å². The van der Waals surface area contributed by atoms with E-state index in [4.69, 9.17) is 10.5 Å². The number of hydrogen-bond donors (Lipinski definition) is 1. The molecule has 0 aliphatic heterocycles. The van der Waals surface area contributed by atoms with Crippen molar-refractivity contribution in [2.45, 2.75) is 26.9 Å². The van der Waals surface area contributed by atoms with Crippen LogP contribution in [-0.2, 0) is 0 Å². The summed E-state index contributed by atoms with van der Waals surface area (Å²) in [7, 11) is 0. The first-order chi connectivity index (χ1) is 8.56. The normalized spacial score (nSPS) is 12.2. The molecule has 18 heavy (non-hydrogen) atoms. The third-order valence-corrected chi connectivity index (χ3v) is 3.01. The molecular formula is C16H19NO. The highest BCUT2D eigenvalue weighted by atomic mass is 16.5. The van der Waals surface area contributed by atoms with Crippen molar-refractivity contribution in [3.63, 3.8) is 0 Å². The maximum atomic E-state index is 5.99. The quantitative estimate of drug-likeness (QED) is 0.823. The molecule has 0 saturated carbocycles. The first-order valence-electron chi connectivity index (χ1n) is 6.15. The van der Waals surface area contributed by atoms with Crippen molar-refractivity contribution >= 4 is 5.69 Å². The van der Waals surface area contributed by atoms with Crippen LogP contribution in [0.3, 0.4) is 0 Å². The Kier molecular flexibility index (Phi) is 3.56. The van der Waals surface area contributed by atoms with Gasteiger partial charge in [0.25, 0.3) is 0 Å². The highest BCUT2D eigenvalue weighted by Gasteiger charge is 2.09. The fourth-order valence-corrected chi connectivity index (χ4v) is 2.00. The molecule has 0 heterocycles. The zero-order chi connectivity index (χ0) is 13.1. The van der Waals surface area contributed by atoms with Gasteiger partial charge in [-0.05, 0) is 50.1 Å². The van der Waals surface area contributed by atoms with Gasteiger partial charge in [-0.2, -0.15) is 0 Å². The number of anilines is 1. The van der Waals surface area contributed by atoms with Crippen LogP contribution in [0.2, 0.25) is 0 Å². The van der Waals surface area contributed by atoms with Crippen molar-refractivity contribution in [2.75, 3.05) is 5.73 Å². The largest absolute Gasteiger partial charge is 0.486 e. The highest BCUT2D eigenvalue weighted by molar-refractivity contribution is 5.42. The minimum absolute atomic E-state index is 0.00472. The van der Waals surface area contributed by atoms with E-state index in [-0.39, 0.29) is 6.10 Å². The van der Waals surface area contributed by atoms with Crippen molar-refractivity contribution in [1.82, 2.24) is 0 Å². The Morgan fingerprint density at radius 2 is 1.83 bits per heavy atom. The Hall–Kier alpha value is -1.96. The molecular weight excluding hydrogens is 222 g/mol. The van der Waals surface area contributed by atoms with Gasteiger partial charge in [0, 0.05) is 5.69 Å². The van der Waals surface area contributed by atoms with E-state index in [9.17, 15) is 0 Å². The second kappa shape index (κ2) is 5.13. The summed E-state index contributed by atoms with van der Waals surface area (Å²) in [4.78, 5) is 0. The lowest BCUT2D eigenvalue weighted by molar-refractivity contribution is 0.225. The van der Waals surface area contributed by atoms with Crippen LogP contribution >= 0.6 is 0 Å². The predicted octanol–water partition coefficient (Wildman–Crippen LogP) is 4.03. The molecule has 2 aromatic carbocycles. The number of nitrogens with two attached hydrogens (primary N) is 1. The molecule has 2 heteroatoms. The van der Waals surface area contributed by atoms with Gasteiger partial charge in [-0.25, -0.2) is 0 Å². The van der Waals surface area contributed by atoms with Crippen molar-refractivity contribution in [3.05, 3.63) is 59.2 Å². The van der Waals surface area contributed by atoms with Crippen molar-refractivity contribution in [1.29, 1.82) is 0 Å². The number of aryl methyl sites for hydroxylation is 2. The molecule has 94 valence electrons. The van der Waals surface area contributed by atoms with Gasteiger partial charge in [-0.1, -0.05) is 29.8 Å². The summed E-state index contributed by atoms with van der Waals surface area (Å²) in [6, 6.07) is 14.0. The number of benzene rings is 2. The first-order valence-corrected chi connectivity index (χ1v) is 6.15. The molecule has 2 aromatic rings. The van der Waals surface area contributed by atoms with Gasteiger partial charge in [0.15, 0.2) is 0 Å². The molecule has 0 radical (unpaired) electrons. The van der Waals surface area contributed by atoms with Gasteiger partial charge in [-0.3, -0.25) is 0 Å². The summed E-state index contributed by atoms with van der Waals surface area (Å²) in [6.07, 6.45) is -0.00472. The molecule has 0 fully saturated rings. The van der Waals surface area contributed by atoms with E-state index in [2.05, 4.69) is 26.0 Å². The lowest BCUT2D eigenvalue weighted by Gasteiger charge is -2.17. The monoisotopic (exact) mass is 241 g/mol. The second-order valence-corrected chi connectivity index (χ2v) is 4.70. The molecule has 0 saturated heterocycles. The molecule has 0 aromatic heterocycles. The Morgan fingerprint density at radius 3 is 2.50 bits per heavy atom. The maximum absolute atomic E-state index is 5.99. The zero-order valence-electron chi connectivity index (χ0n) is 11.1. The van der Waals surface area contributed by atoms with Crippen LogP contribution in [-0.4, -0.2) is 0 Å². The van der Waals surface area contributed by atoms with Crippen LogP contribution in [0.15, 0.2) is 42.5 Å². The van der Waals surface area contributed by atoms with Crippen LogP contribution in [0.5, 0.6) is 5.75 Å². The van der Waals surface area contributed by atoms with E-state index in [0.717, 1.165) is 22.6 Å². The predicted molar refractivity (Wildman–Crippen MR) is 75.8 cm³/mol. The van der Waals surface area contributed by atoms with E-state index in [1.165, 1.54) is 5.56 Å². The number of hydrogen-bond acceptors (Lipinski definition) is 2. The third kappa shape index (κ3) is 2.83. The zero-order valence-corrected chi connectivity index (χ0v) is 11.1. The van der Waals surface area contributed by atoms with Gasteiger partial charge in [0.1, 0.15) is 11.9 Å². The summed E-state index contributed by atoms with van der Waals surface area (Å²) in [5.74, 6) is 0.926. The van der Waals surface area contributed by atoms with Gasteiger partial charge in [-0.15, -0.1) is 0 Å². The first kappa shape index (κ1) is 12.5. The van der Waals surface area contributed by atoms with Crippen LogP contribution < -0.4 is 10.5 Å². The van der Waals surface area contributed by atoms with Gasteiger partial charge in [0.05, 0.1) is 0 Å². The molecule has 2 nitrogen and oxygen atoms in total. The van der Waals surface area contributed by atoms with Gasteiger partial charge >= 0.3 is 0 Å². The van der Waals surface area contributed by atoms with Crippen LogP contribution in [0, 0.1) is 13.8 Å². The molecule has 1 unspecified atom stereocenters. The van der Waals surface area contributed by atoms with Gasteiger partial charge < -0.3 is 10.5 Å². The van der Waals surface area contributed by atoms with E-state index < -0.39 is 0 Å². The Balaban J connectivity index is 2.18.